The van der Waals surface area contributed by atoms with Crippen molar-refractivity contribution in [3.8, 4) is 0 Å². The largest absolute Gasteiger partial charge is 0.340 e. The molecule has 0 aliphatic rings. The lowest BCUT2D eigenvalue weighted by molar-refractivity contribution is 0.603. The van der Waals surface area contributed by atoms with Gasteiger partial charge in [0, 0.05) is 28.0 Å². The molecule has 0 fully saturated rings. The van der Waals surface area contributed by atoms with Crippen LogP contribution in [0.1, 0.15) is 23.2 Å². The van der Waals surface area contributed by atoms with Gasteiger partial charge in [0.2, 0.25) is 0 Å². The molecule has 7 nitrogen and oxygen atoms in total. The van der Waals surface area contributed by atoms with Gasteiger partial charge in [-0.05, 0) is 68.8 Å². The highest BCUT2D eigenvalue weighted by molar-refractivity contribution is 7.94. The van der Waals surface area contributed by atoms with Crippen molar-refractivity contribution < 1.29 is 8.42 Å². The van der Waals surface area contributed by atoms with E-state index in [-0.39, 0.29) is 0 Å². The molecule has 0 radical (unpaired) electrons. The summed E-state index contributed by atoms with van der Waals surface area (Å²) in [5.74, 6) is 1.94. The molecule has 0 saturated heterocycles. The van der Waals surface area contributed by atoms with Crippen molar-refractivity contribution in [3.63, 3.8) is 0 Å². The number of rotatable bonds is 8. The smallest absolute Gasteiger partial charge is 0.271 e. The number of aromatic nitrogens is 2. The van der Waals surface area contributed by atoms with Gasteiger partial charge in [-0.2, -0.15) is 0 Å². The second-order valence-electron chi connectivity index (χ2n) is 7.56. The van der Waals surface area contributed by atoms with E-state index in [4.69, 9.17) is 0 Å². The molecule has 4 rings (SSSR count). The quantitative estimate of drug-likeness (QED) is 0.287. The second-order valence-corrected chi connectivity index (χ2v) is 10.6. The second kappa shape index (κ2) is 9.60. The fraction of sp³-hybridized carbons (Fsp3) is 0.167. The molecule has 0 spiro atoms. The minimum Gasteiger partial charge on any atom is -0.340 e. The molecule has 0 unspecified atom stereocenters. The Hall–Kier alpha value is -3.43. The summed E-state index contributed by atoms with van der Waals surface area (Å²) in [5.41, 5.74) is 3.40. The topological polar surface area (TPSA) is 96.0 Å². The van der Waals surface area contributed by atoms with Gasteiger partial charge in [0.05, 0.1) is 0 Å². The Bertz CT molecular complexity index is 1350. The molecule has 9 heteroatoms. The monoisotopic (exact) mass is 479 g/mol. The van der Waals surface area contributed by atoms with E-state index in [1.54, 1.807) is 30.3 Å². The maximum absolute atomic E-state index is 12.6. The van der Waals surface area contributed by atoms with E-state index in [1.165, 1.54) is 16.9 Å². The van der Waals surface area contributed by atoms with Crippen LogP contribution in [-0.2, 0) is 16.4 Å². The average molecular weight is 480 g/mol. The van der Waals surface area contributed by atoms with Gasteiger partial charge in [-0.25, -0.2) is 18.4 Å². The third-order valence-corrected chi connectivity index (χ3v) is 7.92. The highest BCUT2D eigenvalue weighted by Gasteiger charge is 2.16. The van der Waals surface area contributed by atoms with Crippen LogP contribution in [-0.4, -0.2) is 18.4 Å². The molecule has 0 amide bonds. The first-order valence-electron chi connectivity index (χ1n) is 10.5. The third-order valence-electron chi connectivity index (χ3n) is 4.82. The van der Waals surface area contributed by atoms with E-state index in [1.807, 2.05) is 57.2 Å². The van der Waals surface area contributed by atoms with E-state index in [2.05, 4.69) is 25.3 Å². The number of hydrogen-bond acceptors (Lipinski definition) is 7. The zero-order valence-corrected chi connectivity index (χ0v) is 20.2. The molecule has 3 N–H and O–H groups in total. The Morgan fingerprint density at radius 2 is 1.33 bits per heavy atom. The zero-order valence-electron chi connectivity index (χ0n) is 18.6. The van der Waals surface area contributed by atoms with Gasteiger partial charge in [-0.3, -0.25) is 4.72 Å². The molecule has 4 aromatic rings. The zero-order chi connectivity index (χ0) is 23.4. The van der Waals surface area contributed by atoms with Gasteiger partial charge in [-0.15, -0.1) is 11.3 Å². The normalized spacial score (nSPS) is 11.2. The van der Waals surface area contributed by atoms with Crippen molar-refractivity contribution in [2.45, 2.75) is 31.4 Å². The van der Waals surface area contributed by atoms with Crippen LogP contribution in [0.2, 0.25) is 0 Å². The highest BCUT2D eigenvalue weighted by atomic mass is 32.2. The van der Waals surface area contributed by atoms with Crippen LogP contribution in [0.25, 0.3) is 0 Å². The van der Waals surface area contributed by atoms with E-state index in [0.717, 1.165) is 22.7 Å². The predicted octanol–water partition coefficient (Wildman–Crippen LogP) is 6.01. The maximum Gasteiger partial charge on any atom is 0.271 e. The molecule has 2 aromatic heterocycles. The highest BCUT2D eigenvalue weighted by Crippen LogP contribution is 2.26. The van der Waals surface area contributed by atoms with Crippen molar-refractivity contribution in [2.75, 3.05) is 15.4 Å². The Labute approximate surface area is 198 Å². The molecule has 170 valence electrons. The van der Waals surface area contributed by atoms with Crippen LogP contribution in [0.3, 0.4) is 0 Å². The number of aryl methyl sites for hydroxylation is 3. The van der Waals surface area contributed by atoms with Gasteiger partial charge in [0.15, 0.2) is 0 Å². The van der Waals surface area contributed by atoms with E-state index in [0.29, 0.717) is 27.4 Å². The summed E-state index contributed by atoms with van der Waals surface area (Å²) < 4.78 is 28.2. The number of benzene rings is 2. The fourth-order valence-electron chi connectivity index (χ4n) is 3.15. The lowest BCUT2D eigenvalue weighted by atomic mass is 10.2. The lowest BCUT2D eigenvalue weighted by Gasteiger charge is -2.11. The van der Waals surface area contributed by atoms with Crippen molar-refractivity contribution in [1.29, 1.82) is 0 Å². The Balaban J connectivity index is 1.45. The average Bonchev–Trinajstić information content (AvgIpc) is 3.27. The van der Waals surface area contributed by atoms with Crippen LogP contribution >= 0.6 is 11.3 Å². The summed E-state index contributed by atoms with van der Waals surface area (Å²) in [6.45, 7) is 5.88. The minimum absolute atomic E-state index is 0.312. The van der Waals surface area contributed by atoms with Crippen LogP contribution in [0.5, 0.6) is 0 Å². The van der Waals surface area contributed by atoms with Crippen LogP contribution in [0.15, 0.2) is 70.9 Å². The Morgan fingerprint density at radius 3 is 1.88 bits per heavy atom. The van der Waals surface area contributed by atoms with E-state index < -0.39 is 10.0 Å². The molecule has 0 atom stereocenters. The van der Waals surface area contributed by atoms with E-state index >= 15 is 0 Å². The fourth-order valence-corrected chi connectivity index (χ4v) is 5.50. The molecular formula is C24H25N5O2S2. The molecule has 2 heterocycles. The Kier molecular flexibility index (Phi) is 6.62. The minimum atomic E-state index is -3.60. The van der Waals surface area contributed by atoms with Crippen LogP contribution in [0, 0.1) is 13.8 Å². The molecule has 0 saturated carbocycles. The maximum atomic E-state index is 12.6. The van der Waals surface area contributed by atoms with E-state index in [9.17, 15) is 8.42 Å². The lowest BCUT2D eigenvalue weighted by Crippen LogP contribution is -2.11. The SMILES string of the molecule is CCc1ccc(S(=O)(=O)Nc2ccc(Nc3cc(Nc4ccc(C)cc4)nc(C)n3)cc2)s1. The van der Waals surface area contributed by atoms with Gasteiger partial charge in [0.1, 0.15) is 21.7 Å². The number of anilines is 5. The molecule has 0 aliphatic heterocycles. The first kappa shape index (κ1) is 22.8. The van der Waals surface area contributed by atoms with Crippen LogP contribution in [0.4, 0.5) is 28.7 Å². The standard InChI is InChI=1S/C24H25N5O2S2/c1-4-21-13-14-24(32-21)33(30,31)29-20-11-9-19(10-12-20)28-23-15-22(25-17(3)26-23)27-18-7-5-16(2)6-8-18/h5-15,29H,4H2,1-3H3,(H2,25,26,27,28). The Morgan fingerprint density at radius 1 is 0.788 bits per heavy atom. The molecule has 33 heavy (non-hydrogen) atoms. The summed E-state index contributed by atoms with van der Waals surface area (Å²) in [4.78, 5) is 9.92. The van der Waals surface area contributed by atoms with Crippen molar-refractivity contribution in [3.05, 3.63) is 83.0 Å². The number of nitrogens with one attached hydrogen (secondary N) is 3. The summed E-state index contributed by atoms with van der Waals surface area (Å²) in [6.07, 6.45) is 0.811. The summed E-state index contributed by atoms with van der Waals surface area (Å²) in [5, 5.41) is 6.53. The molecule has 0 bridgehead atoms. The third kappa shape index (κ3) is 5.88. The van der Waals surface area contributed by atoms with Gasteiger partial charge >= 0.3 is 0 Å². The molecule has 2 aromatic carbocycles. The number of sulfonamides is 1. The summed E-state index contributed by atoms with van der Waals surface area (Å²) in [7, 11) is -3.60. The van der Waals surface area contributed by atoms with Gasteiger partial charge < -0.3 is 10.6 Å². The van der Waals surface area contributed by atoms with Crippen molar-refractivity contribution in [1.82, 2.24) is 9.97 Å². The molecule has 0 aliphatic carbocycles. The summed E-state index contributed by atoms with van der Waals surface area (Å²) in [6, 6.07) is 20.4. The van der Waals surface area contributed by atoms with Crippen molar-refractivity contribution >= 4 is 50.1 Å². The number of nitrogens with zero attached hydrogens (tertiary/aromatic N) is 2. The first-order valence-corrected chi connectivity index (χ1v) is 12.8. The number of thiophene rings is 1. The summed E-state index contributed by atoms with van der Waals surface area (Å²) >= 11 is 1.28. The molecular weight excluding hydrogens is 454 g/mol. The first-order chi connectivity index (χ1) is 15.8. The predicted molar refractivity (Wildman–Crippen MR) is 135 cm³/mol. The number of hydrogen-bond donors (Lipinski definition) is 3. The van der Waals surface area contributed by atoms with Crippen LogP contribution < -0.4 is 15.4 Å². The van der Waals surface area contributed by atoms with Gasteiger partial charge in [0.25, 0.3) is 10.0 Å². The van der Waals surface area contributed by atoms with Gasteiger partial charge in [-0.1, -0.05) is 24.6 Å². The van der Waals surface area contributed by atoms with Crippen molar-refractivity contribution in [2.24, 2.45) is 0 Å².